The van der Waals surface area contributed by atoms with E-state index in [9.17, 15) is 19.6 Å². The lowest BCUT2D eigenvalue weighted by Gasteiger charge is -2.13. The van der Waals surface area contributed by atoms with Crippen molar-refractivity contribution in [3.63, 3.8) is 0 Å². The van der Waals surface area contributed by atoms with Crippen LogP contribution in [0.25, 0.3) is 0 Å². The summed E-state index contributed by atoms with van der Waals surface area (Å²) in [5.74, 6) is -1.23. The molecule has 2 heterocycles. The molecule has 3 amide bonds. The molecule has 0 saturated heterocycles. The number of fused-ring (bicyclic) bond motifs is 1. The molecule has 1 N–H and O–H groups in total. The monoisotopic (exact) mass is 415 g/mol. The highest BCUT2D eigenvalue weighted by Gasteiger charge is 2.36. The predicted molar refractivity (Wildman–Crippen MR) is 114 cm³/mol. The van der Waals surface area contributed by atoms with E-state index in [1.807, 2.05) is 44.2 Å². The van der Waals surface area contributed by atoms with Crippen LogP contribution in [0.2, 0.25) is 0 Å². The van der Waals surface area contributed by atoms with Gasteiger partial charge in [-0.25, -0.2) is 0 Å². The van der Waals surface area contributed by atoms with E-state index in [0.717, 1.165) is 16.0 Å². The Balaban J connectivity index is 1.59. The predicted octanol–water partition coefficient (Wildman–Crippen LogP) is 4.29. The molecule has 1 aromatic heterocycles. The van der Waals surface area contributed by atoms with Crippen LogP contribution in [0.5, 0.6) is 0 Å². The Hall–Kier alpha value is -3.76. The van der Waals surface area contributed by atoms with E-state index >= 15 is 0 Å². The molecule has 3 aromatic rings. The number of carbonyl (C=O) groups excluding carboxylic acids is 3. The molecule has 30 heavy (non-hydrogen) atoms. The van der Waals surface area contributed by atoms with Crippen molar-refractivity contribution in [2.45, 2.75) is 20.4 Å². The van der Waals surface area contributed by atoms with Crippen molar-refractivity contribution in [2.24, 2.45) is 0 Å². The summed E-state index contributed by atoms with van der Waals surface area (Å²) >= 11 is 1.33. The average molecular weight is 415 g/mol. The highest BCUT2D eigenvalue weighted by molar-refractivity contribution is 7.16. The van der Waals surface area contributed by atoms with Crippen LogP contribution in [0, 0.1) is 25.2 Å². The lowest BCUT2D eigenvalue weighted by molar-refractivity contribution is 0.0642. The second kappa shape index (κ2) is 7.58. The Morgan fingerprint density at radius 1 is 1.07 bits per heavy atom. The fourth-order valence-corrected chi connectivity index (χ4v) is 4.37. The van der Waals surface area contributed by atoms with Crippen molar-refractivity contribution in [1.29, 1.82) is 5.26 Å². The standard InChI is InChI=1S/C23H17N3O3S/c1-13-14(2)30-21(19(13)11-24)25-20(27)16-8-9-17-18(10-16)23(29)26(22(17)28)12-15-6-4-3-5-7-15/h3-10H,12H2,1-2H3,(H,25,27). The Bertz CT molecular complexity index is 1240. The van der Waals surface area contributed by atoms with Gasteiger partial charge in [0.25, 0.3) is 17.7 Å². The van der Waals surface area contributed by atoms with Gasteiger partial charge < -0.3 is 5.32 Å². The van der Waals surface area contributed by atoms with Crippen LogP contribution in [-0.2, 0) is 6.54 Å². The van der Waals surface area contributed by atoms with Crippen molar-refractivity contribution in [3.8, 4) is 6.07 Å². The maximum atomic E-state index is 12.8. The summed E-state index contributed by atoms with van der Waals surface area (Å²) in [7, 11) is 0. The quantitative estimate of drug-likeness (QED) is 0.644. The van der Waals surface area contributed by atoms with Gasteiger partial charge in [0, 0.05) is 10.4 Å². The number of carbonyl (C=O) groups is 3. The molecule has 0 spiro atoms. The summed E-state index contributed by atoms with van der Waals surface area (Å²) in [6.07, 6.45) is 0. The van der Waals surface area contributed by atoms with Gasteiger partial charge in [-0.1, -0.05) is 30.3 Å². The van der Waals surface area contributed by atoms with E-state index < -0.39 is 11.8 Å². The van der Waals surface area contributed by atoms with Gasteiger partial charge in [-0.3, -0.25) is 19.3 Å². The first-order valence-electron chi connectivity index (χ1n) is 9.26. The van der Waals surface area contributed by atoms with E-state index in [-0.39, 0.29) is 29.1 Å². The Morgan fingerprint density at radius 3 is 2.47 bits per heavy atom. The molecule has 6 nitrogen and oxygen atoms in total. The zero-order valence-electron chi connectivity index (χ0n) is 16.4. The number of thiophene rings is 1. The largest absolute Gasteiger partial charge is 0.312 e. The molecule has 0 saturated carbocycles. The van der Waals surface area contributed by atoms with E-state index in [4.69, 9.17) is 0 Å². The van der Waals surface area contributed by atoms with Crippen LogP contribution in [-0.4, -0.2) is 22.6 Å². The normalized spacial score (nSPS) is 12.6. The molecule has 4 rings (SSSR count). The first kappa shape index (κ1) is 19.6. The lowest BCUT2D eigenvalue weighted by Crippen LogP contribution is -2.29. The third-order valence-corrected chi connectivity index (χ3v) is 6.26. The van der Waals surface area contributed by atoms with Gasteiger partial charge in [-0.2, -0.15) is 5.26 Å². The fraction of sp³-hybridized carbons (Fsp3) is 0.130. The number of nitrogens with zero attached hydrogens (tertiary/aromatic N) is 2. The topological polar surface area (TPSA) is 90.3 Å². The highest BCUT2D eigenvalue weighted by atomic mass is 32.1. The molecule has 7 heteroatoms. The molecular formula is C23H17N3O3S. The second-order valence-electron chi connectivity index (χ2n) is 7.00. The number of imide groups is 1. The van der Waals surface area contributed by atoms with E-state index in [2.05, 4.69) is 11.4 Å². The number of aryl methyl sites for hydroxylation is 1. The van der Waals surface area contributed by atoms with E-state index in [1.165, 1.54) is 34.4 Å². The third-order valence-electron chi connectivity index (χ3n) is 5.14. The van der Waals surface area contributed by atoms with Crippen LogP contribution in [0.4, 0.5) is 5.00 Å². The molecule has 0 unspecified atom stereocenters. The molecule has 148 valence electrons. The molecular weight excluding hydrogens is 398 g/mol. The maximum Gasteiger partial charge on any atom is 0.261 e. The summed E-state index contributed by atoms with van der Waals surface area (Å²) in [6.45, 7) is 3.90. The Morgan fingerprint density at radius 2 is 1.77 bits per heavy atom. The van der Waals surface area contributed by atoms with Gasteiger partial charge in [0.05, 0.1) is 23.2 Å². The lowest BCUT2D eigenvalue weighted by atomic mass is 10.1. The summed E-state index contributed by atoms with van der Waals surface area (Å²) in [5.41, 5.74) is 2.87. The molecule has 1 aliphatic rings. The first-order valence-corrected chi connectivity index (χ1v) is 10.1. The van der Waals surface area contributed by atoms with Crippen molar-refractivity contribution in [3.05, 3.63) is 86.8 Å². The summed E-state index contributed by atoms with van der Waals surface area (Å²) in [6, 6.07) is 15.8. The number of nitrogens with one attached hydrogen (secondary N) is 1. The number of hydrogen-bond donors (Lipinski definition) is 1. The highest BCUT2D eigenvalue weighted by Crippen LogP contribution is 2.32. The van der Waals surface area contributed by atoms with Crippen LogP contribution < -0.4 is 5.32 Å². The van der Waals surface area contributed by atoms with Gasteiger partial charge >= 0.3 is 0 Å². The van der Waals surface area contributed by atoms with Gasteiger partial charge in [-0.15, -0.1) is 11.3 Å². The van der Waals surface area contributed by atoms with E-state index in [0.29, 0.717) is 10.6 Å². The molecule has 0 bridgehead atoms. The van der Waals surface area contributed by atoms with Gasteiger partial charge in [0.1, 0.15) is 11.1 Å². The molecule has 0 fully saturated rings. The maximum absolute atomic E-state index is 12.8. The number of nitriles is 1. The minimum absolute atomic E-state index is 0.175. The molecule has 0 atom stereocenters. The zero-order chi connectivity index (χ0) is 21.4. The minimum atomic E-state index is -0.433. The van der Waals surface area contributed by atoms with E-state index in [1.54, 1.807) is 0 Å². The van der Waals surface area contributed by atoms with Crippen LogP contribution in [0.15, 0.2) is 48.5 Å². The minimum Gasteiger partial charge on any atom is -0.312 e. The molecule has 2 aromatic carbocycles. The van der Waals surface area contributed by atoms with Gasteiger partial charge in [0.2, 0.25) is 0 Å². The summed E-state index contributed by atoms with van der Waals surface area (Å²) in [4.78, 5) is 40.4. The number of benzene rings is 2. The Kier molecular flexibility index (Phi) is 4.94. The second-order valence-corrected chi connectivity index (χ2v) is 8.22. The summed E-state index contributed by atoms with van der Waals surface area (Å²) in [5, 5.41) is 12.6. The van der Waals surface area contributed by atoms with Gasteiger partial charge in [-0.05, 0) is 43.2 Å². The number of hydrogen-bond acceptors (Lipinski definition) is 5. The molecule has 1 aliphatic heterocycles. The fourth-order valence-electron chi connectivity index (χ4n) is 3.37. The third kappa shape index (κ3) is 3.27. The van der Waals surface area contributed by atoms with Crippen molar-refractivity contribution < 1.29 is 14.4 Å². The van der Waals surface area contributed by atoms with Crippen LogP contribution in [0.1, 0.15) is 52.6 Å². The van der Waals surface area contributed by atoms with Crippen molar-refractivity contribution in [1.82, 2.24) is 4.90 Å². The number of amides is 3. The Labute approximate surface area is 177 Å². The molecule has 0 aliphatic carbocycles. The van der Waals surface area contributed by atoms with Gasteiger partial charge in [0.15, 0.2) is 0 Å². The molecule has 0 radical (unpaired) electrons. The SMILES string of the molecule is Cc1sc(NC(=O)c2ccc3c(c2)C(=O)N(Cc2ccccc2)C3=O)c(C#N)c1C. The smallest absolute Gasteiger partial charge is 0.261 e. The number of anilines is 1. The van der Waals surface area contributed by atoms with Crippen molar-refractivity contribution in [2.75, 3.05) is 5.32 Å². The zero-order valence-corrected chi connectivity index (χ0v) is 17.2. The first-order chi connectivity index (χ1) is 14.4. The number of rotatable bonds is 4. The van der Waals surface area contributed by atoms with Crippen LogP contribution in [0.3, 0.4) is 0 Å². The average Bonchev–Trinajstić information content (AvgIpc) is 3.15. The summed E-state index contributed by atoms with van der Waals surface area (Å²) < 4.78 is 0. The van der Waals surface area contributed by atoms with Crippen molar-refractivity contribution >= 4 is 34.1 Å². The van der Waals surface area contributed by atoms with Crippen LogP contribution >= 0.6 is 11.3 Å².